The summed E-state index contributed by atoms with van der Waals surface area (Å²) in [5.41, 5.74) is 4.60. The van der Waals surface area contributed by atoms with Crippen molar-refractivity contribution in [2.75, 3.05) is 20.1 Å². The molecule has 4 aromatic rings. The van der Waals surface area contributed by atoms with Crippen molar-refractivity contribution in [2.45, 2.75) is 30.2 Å². The van der Waals surface area contributed by atoms with Crippen LogP contribution in [0.3, 0.4) is 0 Å². The Morgan fingerprint density at radius 1 is 1.09 bits per heavy atom. The molecule has 7 heteroatoms. The number of hydrogen-bond donors (Lipinski definition) is 2. The number of pyridine rings is 1. The number of nitrogens with one attached hydrogen (secondary N) is 2. The van der Waals surface area contributed by atoms with Crippen LogP contribution in [0.2, 0.25) is 0 Å². The number of aromatic nitrogens is 3. The van der Waals surface area contributed by atoms with Crippen LogP contribution in [0.15, 0.2) is 70.6 Å². The molecule has 2 aromatic carbocycles. The standard InChI is InChI=1S/C27H29N5OS/c1-4-32(5-2)18-19-10-11-20(29-17-19)12-15-24-22-14-13-21(16-25(22)31-30-24)34-26-9-7-6-8-23(26)27(33)28-3/h6-17H,4-5,18H2,1-3H3,(H,28,33)(H,30,31)/b15-12+. The van der Waals surface area contributed by atoms with Crippen molar-refractivity contribution in [2.24, 2.45) is 0 Å². The third-order valence-electron chi connectivity index (χ3n) is 5.71. The van der Waals surface area contributed by atoms with Gasteiger partial charge >= 0.3 is 0 Å². The zero-order chi connectivity index (χ0) is 23.9. The normalized spacial score (nSPS) is 11.5. The van der Waals surface area contributed by atoms with Gasteiger partial charge in [-0.2, -0.15) is 5.10 Å². The van der Waals surface area contributed by atoms with E-state index in [1.807, 2.05) is 48.7 Å². The van der Waals surface area contributed by atoms with Gasteiger partial charge in [0.2, 0.25) is 0 Å². The van der Waals surface area contributed by atoms with Gasteiger partial charge in [-0.3, -0.25) is 19.8 Å². The van der Waals surface area contributed by atoms with Gasteiger partial charge in [-0.1, -0.05) is 43.8 Å². The molecule has 2 aromatic heterocycles. The molecule has 0 bridgehead atoms. The summed E-state index contributed by atoms with van der Waals surface area (Å²) < 4.78 is 0. The predicted octanol–water partition coefficient (Wildman–Crippen LogP) is 5.48. The van der Waals surface area contributed by atoms with Gasteiger partial charge in [0.25, 0.3) is 5.91 Å². The van der Waals surface area contributed by atoms with Crippen LogP contribution in [0.5, 0.6) is 0 Å². The third-order valence-corrected chi connectivity index (χ3v) is 6.78. The smallest absolute Gasteiger partial charge is 0.252 e. The molecule has 6 nitrogen and oxygen atoms in total. The molecule has 174 valence electrons. The van der Waals surface area contributed by atoms with Gasteiger partial charge in [0.05, 0.1) is 22.5 Å². The van der Waals surface area contributed by atoms with E-state index in [0.717, 1.165) is 51.7 Å². The van der Waals surface area contributed by atoms with Gasteiger partial charge in [-0.25, -0.2) is 0 Å². The fourth-order valence-corrected chi connectivity index (χ4v) is 4.70. The number of carbonyl (C=O) groups is 1. The Hall–Kier alpha value is -3.42. The van der Waals surface area contributed by atoms with Crippen molar-refractivity contribution in [1.29, 1.82) is 0 Å². The van der Waals surface area contributed by atoms with Crippen LogP contribution in [-0.2, 0) is 6.54 Å². The van der Waals surface area contributed by atoms with Crippen LogP contribution in [-0.4, -0.2) is 46.1 Å². The van der Waals surface area contributed by atoms with Crippen LogP contribution in [0.1, 0.15) is 41.2 Å². The summed E-state index contributed by atoms with van der Waals surface area (Å²) in [5, 5.41) is 11.3. The van der Waals surface area contributed by atoms with E-state index in [1.165, 1.54) is 5.56 Å². The molecule has 34 heavy (non-hydrogen) atoms. The summed E-state index contributed by atoms with van der Waals surface area (Å²) in [6, 6.07) is 18.0. The lowest BCUT2D eigenvalue weighted by molar-refractivity contribution is 0.0960. The second kappa shape index (κ2) is 11.1. The molecule has 0 aliphatic carbocycles. The first-order valence-corrected chi connectivity index (χ1v) is 12.2. The molecule has 0 aliphatic rings. The van der Waals surface area contributed by atoms with Gasteiger partial charge in [0, 0.05) is 35.0 Å². The summed E-state index contributed by atoms with van der Waals surface area (Å²) in [6.07, 6.45) is 5.92. The second-order valence-corrected chi connectivity index (χ2v) is 8.99. The maximum atomic E-state index is 12.2. The third kappa shape index (κ3) is 5.55. The van der Waals surface area contributed by atoms with E-state index in [9.17, 15) is 4.79 Å². The maximum Gasteiger partial charge on any atom is 0.252 e. The number of rotatable bonds is 9. The highest BCUT2D eigenvalue weighted by molar-refractivity contribution is 7.99. The molecule has 0 saturated heterocycles. The zero-order valence-electron chi connectivity index (χ0n) is 19.7. The number of carbonyl (C=O) groups excluding carboxylic acids is 1. The van der Waals surface area contributed by atoms with Crippen LogP contribution >= 0.6 is 11.8 Å². The topological polar surface area (TPSA) is 73.9 Å². The number of amides is 1. The quantitative estimate of drug-likeness (QED) is 0.338. The minimum atomic E-state index is -0.0900. The van der Waals surface area contributed by atoms with Crippen molar-refractivity contribution in [3.63, 3.8) is 0 Å². The Morgan fingerprint density at radius 3 is 2.65 bits per heavy atom. The summed E-state index contributed by atoms with van der Waals surface area (Å²) in [4.78, 5) is 21.1. The molecule has 0 saturated carbocycles. The largest absolute Gasteiger partial charge is 0.355 e. The molecule has 0 atom stereocenters. The number of fused-ring (bicyclic) bond motifs is 1. The first-order chi connectivity index (χ1) is 16.6. The Kier molecular flexibility index (Phi) is 7.77. The van der Waals surface area contributed by atoms with Gasteiger partial charge < -0.3 is 5.32 Å². The van der Waals surface area contributed by atoms with E-state index in [-0.39, 0.29) is 5.91 Å². The lowest BCUT2D eigenvalue weighted by Crippen LogP contribution is -2.22. The molecule has 4 rings (SSSR count). The highest BCUT2D eigenvalue weighted by Gasteiger charge is 2.11. The van der Waals surface area contributed by atoms with E-state index < -0.39 is 0 Å². The highest BCUT2D eigenvalue weighted by Crippen LogP contribution is 2.32. The van der Waals surface area contributed by atoms with Crippen molar-refractivity contribution in [3.8, 4) is 0 Å². The van der Waals surface area contributed by atoms with Gasteiger partial charge in [0.15, 0.2) is 0 Å². The summed E-state index contributed by atoms with van der Waals surface area (Å²) in [5.74, 6) is -0.0900. The number of benzene rings is 2. The molecule has 2 N–H and O–H groups in total. The Balaban J connectivity index is 1.49. The van der Waals surface area contributed by atoms with Crippen molar-refractivity contribution in [1.82, 2.24) is 25.4 Å². The fourth-order valence-electron chi connectivity index (χ4n) is 3.71. The van der Waals surface area contributed by atoms with Gasteiger partial charge in [0.1, 0.15) is 0 Å². The average molecular weight is 472 g/mol. The average Bonchev–Trinajstić information content (AvgIpc) is 3.28. The summed E-state index contributed by atoms with van der Waals surface area (Å²) in [6.45, 7) is 7.33. The van der Waals surface area contributed by atoms with Crippen molar-refractivity contribution < 1.29 is 4.79 Å². The van der Waals surface area contributed by atoms with Crippen molar-refractivity contribution >= 4 is 40.7 Å². The number of nitrogens with zero attached hydrogens (tertiary/aromatic N) is 3. The summed E-state index contributed by atoms with van der Waals surface area (Å²) >= 11 is 1.56. The molecule has 0 radical (unpaired) electrons. The molecule has 0 spiro atoms. The lowest BCUT2D eigenvalue weighted by atomic mass is 10.2. The zero-order valence-corrected chi connectivity index (χ0v) is 20.5. The molecule has 0 fully saturated rings. The van der Waals surface area contributed by atoms with E-state index in [0.29, 0.717) is 5.56 Å². The second-order valence-electron chi connectivity index (χ2n) is 7.88. The molecular formula is C27H29N5OS. The molecular weight excluding hydrogens is 442 g/mol. The molecule has 2 heterocycles. The van der Waals surface area contributed by atoms with E-state index in [2.05, 4.69) is 63.5 Å². The Bertz CT molecular complexity index is 1290. The molecule has 0 unspecified atom stereocenters. The predicted molar refractivity (Wildman–Crippen MR) is 140 cm³/mol. The number of hydrogen-bond acceptors (Lipinski definition) is 5. The Morgan fingerprint density at radius 2 is 1.91 bits per heavy atom. The van der Waals surface area contributed by atoms with Gasteiger partial charge in [-0.15, -0.1) is 0 Å². The van der Waals surface area contributed by atoms with Crippen LogP contribution in [0, 0.1) is 0 Å². The maximum absolute atomic E-state index is 12.2. The van der Waals surface area contributed by atoms with Crippen molar-refractivity contribution in [3.05, 3.63) is 83.3 Å². The van der Waals surface area contributed by atoms with Crippen LogP contribution in [0.25, 0.3) is 23.1 Å². The monoisotopic (exact) mass is 471 g/mol. The van der Waals surface area contributed by atoms with Crippen LogP contribution < -0.4 is 5.32 Å². The van der Waals surface area contributed by atoms with Gasteiger partial charge in [-0.05, 0) is 67.2 Å². The first-order valence-electron chi connectivity index (χ1n) is 11.4. The SMILES string of the molecule is CCN(CC)Cc1ccc(/C=C/c2n[nH]c3cc(Sc4ccccc4C(=O)NC)ccc23)nc1. The first kappa shape index (κ1) is 23.7. The fraction of sp³-hybridized carbons (Fsp3) is 0.222. The van der Waals surface area contributed by atoms with E-state index in [1.54, 1.807) is 18.8 Å². The molecule has 0 aliphatic heterocycles. The molecule has 1 amide bonds. The Labute approximate surface area is 204 Å². The van der Waals surface area contributed by atoms with E-state index >= 15 is 0 Å². The number of H-pyrrole nitrogens is 1. The minimum absolute atomic E-state index is 0.0900. The van der Waals surface area contributed by atoms with Crippen LogP contribution in [0.4, 0.5) is 0 Å². The highest BCUT2D eigenvalue weighted by atomic mass is 32.2. The minimum Gasteiger partial charge on any atom is -0.355 e. The summed E-state index contributed by atoms with van der Waals surface area (Å²) in [7, 11) is 1.64. The lowest BCUT2D eigenvalue weighted by Gasteiger charge is -2.17. The van der Waals surface area contributed by atoms with E-state index in [4.69, 9.17) is 0 Å². The number of aromatic amines is 1.